The zero-order valence-corrected chi connectivity index (χ0v) is 14.3. The molecule has 0 unspecified atom stereocenters. The van der Waals surface area contributed by atoms with Crippen LogP contribution in [0, 0.1) is 22.7 Å². The quantitative estimate of drug-likeness (QED) is 0.767. The highest BCUT2D eigenvalue weighted by molar-refractivity contribution is 7.90. The second-order valence-corrected chi connectivity index (χ2v) is 9.80. The van der Waals surface area contributed by atoms with Gasteiger partial charge in [0.05, 0.1) is 17.7 Å². The summed E-state index contributed by atoms with van der Waals surface area (Å²) in [4.78, 5) is 12.4. The van der Waals surface area contributed by atoms with E-state index in [1.54, 1.807) is 0 Å². The molecule has 2 aliphatic carbocycles. The summed E-state index contributed by atoms with van der Waals surface area (Å²) in [6, 6.07) is -0.464. The number of carbonyl (C=O) groups is 1. The van der Waals surface area contributed by atoms with Gasteiger partial charge >= 0.3 is 6.18 Å². The van der Waals surface area contributed by atoms with Crippen molar-refractivity contribution >= 4 is 15.9 Å². The van der Waals surface area contributed by atoms with Gasteiger partial charge in [0.25, 0.3) is 0 Å². The second kappa shape index (κ2) is 4.64. The van der Waals surface area contributed by atoms with E-state index in [9.17, 15) is 26.4 Å². The van der Waals surface area contributed by atoms with Crippen molar-refractivity contribution in [2.24, 2.45) is 22.7 Å². The second-order valence-electron chi connectivity index (χ2n) is 7.96. The van der Waals surface area contributed by atoms with E-state index in [1.165, 1.54) is 0 Å². The van der Waals surface area contributed by atoms with Gasteiger partial charge in [-0.05, 0) is 30.6 Å². The Labute approximate surface area is 134 Å². The van der Waals surface area contributed by atoms with Gasteiger partial charge in [-0.2, -0.15) is 13.2 Å². The molecule has 0 aromatic heterocycles. The van der Waals surface area contributed by atoms with Crippen LogP contribution in [0.4, 0.5) is 13.2 Å². The molecule has 0 N–H and O–H groups in total. The Hall–Kier alpha value is -0.790. The summed E-state index contributed by atoms with van der Waals surface area (Å²) < 4.78 is 64.0. The maximum Gasteiger partial charge on any atom is 0.392 e. The number of alkyl halides is 3. The van der Waals surface area contributed by atoms with E-state index in [-0.39, 0.29) is 11.2 Å². The maximum absolute atomic E-state index is 12.7. The Balaban J connectivity index is 1.91. The molecule has 23 heavy (non-hydrogen) atoms. The summed E-state index contributed by atoms with van der Waals surface area (Å²) in [7, 11) is -3.84. The van der Waals surface area contributed by atoms with Crippen molar-refractivity contribution in [3.05, 3.63) is 0 Å². The van der Waals surface area contributed by atoms with Crippen LogP contribution in [0.2, 0.25) is 0 Å². The average Bonchev–Trinajstić information content (AvgIpc) is 2.83. The Morgan fingerprint density at radius 2 is 1.96 bits per heavy atom. The average molecular weight is 353 g/mol. The Kier molecular flexibility index (Phi) is 3.44. The number of nitrogens with zero attached hydrogens (tertiary/aromatic N) is 1. The SMILES string of the molecule is C[C@@H](CC(=O)N1[C@@H]2C[C@H]3CC[C@]2(CS1(=O)=O)C3(C)C)C(F)(F)F. The summed E-state index contributed by atoms with van der Waals surface area (Å²) in [6.07, 6.45) is -3.06. The lowest BCUT2D eigenvalue weighted by Gasteiger charge is -2.37. The first-order chi connectivity index (χ1) is 10.3. The molecule has 3 fully saturated rings. The van der Waals surface area contributed by atoms with Crippen molar-refractivity contribution in [1.29, 1.82) is 0 Å². The predicted molar refractivity (Wildman–Crippen MR) is 77.8 cm³/mol. The molecule has 1 saturated heterocycles. The van der Waals surface area contributed by atoms with E-state index in [1.807, 2.05) is 13.8 Å². The van der Waals surface area contributed by atoms with E-state index >= 15 is 0 Å². The van der Waals surface area contributed by atoms with Gasteiger partial charge in [0, 0.05) is 11.8 Å². The van der Waals surface area contributed by atoms with Crippen LogP contribution in [0.1, 0.15) is 46.5 Å². The molecule has 3 rings (SSSR count). The summed E-state index contributed by atoms with van der Waals surface area (Å²) >= 11 is 0. The highest BCUT2D eigenvalue weighted by Crippen LogP contribution is 2.70. The molecule has 1 amide bonds. The number of halogens is 3. The Bertz CT molecular complexity index is 643. The van der Waals surface area contributed by atoms with Crippen LogP contribution < -0.4 is 0 Å². The fourth-order valence-electron chi connectivity index (χ4n) is 5.08. The number of hydrogen-bond donors (Lipinski definition) is 0. The van der Waals surface area contributed by atoms with Gasteiger partial charge in [0.1, 0.15) is 0 Å². The molecule has 1 spiro atoms. The fourth-order valence-corrected chi connectivity index (χ4v) is 7.64. The smallest absolute Gasteiger partial charge is 0.274 e. The lowest BCUT2D eigenvalue weighted by atomic mass is 9.69. The van der Waals surface area contributed by atoms with Crippen LogP contribution in [-0.2, 0) is 14.8 Å². The van der Waals surface area contributed by atoms with Crippen molar-refractivity contribution < 1.29 is 26.4 Å². The molecule has 132 valence electrons. The van der Waals surface area contributed by atoms with Crippen molar-refractivity contribution in [3.63, 3.8) is 0 Å². The van der Waals surface area contributed by atoms with Gasteiger partial charge in [0.2, 0.25) is 15.9 Å². The van der Waals surface area contributed by atoms with Crippen LogP contribution in [0.15, 0.2) is 0 Å². The van der Waals surface area contributed by atoms with Gasteiger partial charge < -0.3 is 0 Å². The molecular weight excluding hydrogens is 331 g/mol. The molecule has 4 nitrogen and oxygen atoms in total. The summed E-state index contributed by atoms with van der Waals surface area (Å²) in [6.45, 7) is 4.99. The van der Waals surface area contributed by atoms with Crippen LogP contribution >= 0.6 is 0 Å². The Morgan fingerprint density at radius 1 is 1.35 bits per heavy atom. The van der Waals surface area contributed by atoms with E-state index in [4.69, 9.17) is 0 Å². The predicted octanol–water partition coefficient (Wildman–Crippen LogP) is 2.94. The molecule has 8 heteroatoms. The standard InChI is InChI=1S/C15H22F3NO3S/c1-9(15(16,17)18)6-12(20)19-11-7-10-4-5-14(11,13(10,2)3)8-23(19,21)22/h9-11H,4-8H2,1-3H3/t9-,10+,11+,14+/m0/s1. The van der Waals surface area contributed by atoms with Crippen LogP contribution in [0.25, 0.3) is 0 Å². The van der Waals surface area contributed by atoms with Crippen molar-refractivity contribution in [2.75, 3.05) is 5.75 Å². The molecule has 0 radical (unpaired) electrons. The number of fused-ring (bicyclic) bond motifs is 1. The third-order valence-electron chi connectivity index (χ3n) is 6.70. The molecule has 2 bridgehead atoms. The van der Waals surface area contributed by atoms with Crippen LogP contribution in [0.3, 0.4) is 0 Å². The minimum Gasteiger partial charge on any atom is -0.274 e. The minimum atomic E-state index is -4.50. The first-order valence-electron chi connectivity index (χ1n) is 7.94. The van der Waals surface area contributed by atoms with Crippen molar-refractivity contribution in [2.45, 2.75) is 58.7 Å². The molecule has 3 aliphatic rings. The summed E-state index contributed by atoms with van der Waals surface area (Å²) in [5, 5.41) is 0. The third kappa shape index (κ3) is 2.16. The van der Waals surface area contributed by atoms with Gasteiger partial charge in [-0.15, -0.1) is 0 Å². The lowest BCUT2D eigenvalue weighted by molar-refractivity contribution is -0.176. The largest absolute Gasteiger partial charge is 0.392 e. The van der Waals surface area contributed by atoms with Gasteiger partial charge in [-0.3, -0.25) is 4.79 Å². The molecule has 2 saturated carbocycles. The summed E-state index contributed by atoms with van der Waals surface area (Å²) in [5.41, 5.74) is -0.691. The van der Waals surface area contributed by atoms with Gasteiger partial charge in [0.15, 0.2) is 0 Å². The molecule has 0 aromatic rings. The third-order valence-corrected chi connectivity index (χ3v) is 8.63. The molecule has 1 aliphatic heterocycles. The fraction of sp³-hybridized carbons (Fsp3) is 0.933. The topological polar surface area (TPSA) is 54.5 Å². The number of rotatable bonds is 2. The van der Waals surface area contributed by atoms with E-state index in [0.29, 0.717) is 12.3 Å². The molecule has 1 heterocycles. The molecular formula is C15H22F3NO3S. The van der Waals surface area contributed by atoms with E-state index in [0.717, 1.165) is 24.1 Å². The van der Waals surface area contributed by atoms with Gasteiger partial charge in [-0.1, -0.05) is 20.8 Å². The zero-order valence-electron chi connectivity index (χ0n) is 13.5. The van der Waals surface area contributed by atoms with Crippen molar-refractivity contribution in [1.82, 2.24) is 4.31 Å². The van der Waals surface area contributed by atoms with Crippen molar-refractivity contribution in [3.8, 4) is 0 Å². The highest BCUT2D eigenvalue weighted by Gasteiger charge is 2.72. The molecule has 0 aromatic carbocycles. The zero-order chi connectivity index (χ0) is 17.4. The first-order valence-corrected chi connectivity index (χ1v) is 9.55. The Morgan fingerprint density at radius 3 is 2.48 bits per heavy atom. The number of amides is 1. The summed E-state index contributed by atoms with van der Waals surface area (Å²) in [5.74, 6) is -2.52. The van der Waals surface area contributed by atoms with Gasteiger partial charge in [-0.25, -0.2) is 12.7 Å². The highest BCUT2D eigenvalue weighted by atomic mass is 32.2. The first kappa shape index (κ1) is 17.0. The molecule has 4 atom stereocenters. The number of sulfonamides is 1. The van der Waals surface area contributed by atoms with E-state index < -0.39 is 45.9 Å². The van der Waals surface area contributed by atoms with Crippen LogP contribution in [0.5, 0.6) is 0 Å². The number of carbonyl (C=O) groups excluding carboxylic acids is 1. The number of hydrogen-bond acceptors (Lipinski definition) is 3. The maximum atomic E-state index is 12.7. The van der Waals surface area contributed by atoms with E-state index in [2.05, 4.69) is 0 Å². The minimum absolute atomic E-state index is 0.111. The lowest BCUT2D eigenvalue weighted by Crippen LogP contribution is -2.45. The normalized spacial score (nSPS) is 38.6. The monoisotopic (exact) mass is 353 g/mol. The van der Waals surface area contributed by atoms with Crippen LogP contribution in [-0.4, -0.2) is 36.6 Å².